The van der Waals surface area contributed by atoms with Gasteiger partial charge in [0.15, 0.2) is 0 Å². The maximum atomic E-state index is 4.48. The highest BCUT2D eigenvalue weighted by molar-refractivity contribution is 5.73. The molecular weight excluding hydrogens is 146 g/mol. The number of para-hydroxylation sites is 1. The molecular formula is C11H12N. The van der Waals surface area contributed by atoms with Crippen LogP contribution in [0.3, 0.4) is 0 Å². The molecule has 0 bridgehead atoms. The summed E-state index contributed by atoms with van der Waals surface area (Å²) < 4.78 is 0. The Morgan fingerprint density at radius 3 is 3.00 bits per heavy atom. The van der Waals surface area contributed by atoms with Crippen molar-refractivity contribution >= 4 is 11.3 Å². The van der Waals surface area contributed by atoms with Gasteiger partial charge in [-0.2, -0.15) is 0 Å². The summed E-state index contributed by atoms with van der Waals surface area (Å²) in [7, 11) is 0. The van der Waals surface area contributed by atoms with Crippen molar-refractivity contribution in [2.45, 2.75) is 12.8 Å². The maximum absolute atomic E-state index is 4.48. The molecule has 0 aromatic heterocycles. The average Bonchev–Trinajstić information content (AvgIpc) is 2.29. The molecule has 0 spiro atoms. The fraction of sp³-hybridized carbons (Fsp3) is 0.273. The molecule has 2 rings (SSSR count). The maximum Gasteiger partial charge on any atom is 0.0649 e. The first-order chi connectivity index (χ1) is 5.88. The van der Waals surface area contributed by atoms with E-state index in [1.807, 2.05) is 12.1 Å². The first kappa shape index (κ1) is 7.41. The summed E-state index contributed by atoms with van der Waals surface area (Å²) in [6.45, 7) is 5.00. The summed E-state index contributed by atoms with van der Waals surface area (Å²) in [5.74, 6) is 0. The van der Waals surface area contributed by atoms with Crippen LogP contribution in [0.15, 0.2) is 30.8 Å². The average molecular weight is 158 g/mol. The molecule has 0 amide bonds. The first-order valence-electron chi connectivity index (χ1n) is 4.32. The third-order valence-corrected chi connectivity index (χ3v) is 2.20. The Bertz CT molecular complexity index is 302. The van der Waals surface area contributed by atoms with Crippen LogP contribution in [-0.2, 0) is 0 Å². The molecule has 0 N–H and O–H groups in total. The van der Waals surface area contributed by atoms with Crippen LogP contribution in [0.4, 0.5) is 5.69 Å². The van der Waals surface area contributed by atoms with Crippen LogP contribution in [0.5, 0.6) is 0 Å². The topological polar surface area (TPSA) is 14.1 Å². The lowest BCUT2D eigenvalue weighted by Crippen LogP contribution is -1.97. The molecule has 1 heteroatoms. The van der Waals surface area contributed by atoms with Crippen molar-refractivity contribution in [2.75, 3.05) is 6.54 Å². The first-order valence-corrected chi connectivity index (χ1v) is 4.32. The SMILES string of the molecule is C=C1CCC[N]c2ccccc21. The standard InChI is InChI=1S/C11H12N/c1-9-5-4-8-12-11-7-3-2-6-10(9)11/h2-3,6-7H,1,4-5,8H2. The molecule has 1 aromatic carbocycles. The Balaban J connectivity index is 2.46. The van der Waals surface area contributed by atoms with Gasteiger partial charge in [-0.3, -0.25) is 5.32 Å². The number of fused-ring (bicyclic) bond motifs is 1. The van der Waals surface area contributed by atoms with Crippen LogP contribution in [0.2, 0.25) is 0 Å². The minimum absolute atomic E-state index is 0.941. The lowest BCUT2D eigenvalue weighted by Gasteiger charge is -2.04. The lowest BCUT2D eigenvalue weighted by molar-refractivity contribution is 0.784. The molecule has 1 nitrogen and oxygen atoms in total. The summed E-state index contributed by atoms with van der Waals surface area (Å²) in [6.07, 6.45) is 2.22. The fourth-order valence-electron chi connectivity index (χ4n) is 1.54. The Morgan fingerprint density at radius 1 is 1.25 bits per heavy atom. The van der Waals surface area contributed by atoms with Crippen LogP contribution in [0.1, 0.15) is 18.4 Å². The zero-order chi connectivity index (χ0) is 8.39. The van der Waals surface area contributed by atoms with Gasteiger partial charge in [0.2, 0.25) is 0 Å². The zero-order valence-corrected chi connectivity index (χ0v) is 7.09. The van der Waals surface area contributed by atoms with Crippen LogP contribution < -0.4 is 5.32 Å². The third-order valence-electron chi connectivity index (χ3n) is 2.20. The smallest absolute Gasteiger partial charge is 0.0649 e. The summed E-state index contributed by atoms with van der Waals surface area (Å²) in [5.41, 5.74) is 3.57. The molecule has 0 saturated heterocycles. The highest BCUT2D eigenvalue weighted by atomic mass is 14.9. The number of benzene rings is 1. The zero-order valence-electron chi connectivity index (χ0n) is 7.09. The van der Waals surface area contributed by atoms with E-state index in [2.05, 4.69) is 24.0 Å². The van der Waals surface area contributed by atoms with E-state index in [4.69, 9.17) is 0 Å². The minimum Gasteiger partial charge on any atom is -0.285 e. The molecule has 0 unspecified atom stereocenters. The summed E-state index contributed by atoms with van der Waals surface area (Å²) in [6, 6.07) is 8.24. The van der Waals surface area contributed by atoms with Gasteiger partial charge in [0, 0.05) is 12.1 Å². The van der Waals surface area contributed by atoms with Gasteiger partial charge in [-0.1, -0.05) is 24.8 Å². The lowest BCUT2D eigenvalue weighted by atomic mass is 10.0. The van der Waals surface area contributed by atoms with Crippen LogP contribution in [-0.4, -0.2) is 6.54 Å². The second kappa shape index (κ2) is 3.02. The quantitative estimate of drug-likeness (QED) is 0.551. The minimum atomic E-state index is 0.941. The summed E-state index contributed by atoms with van der Waals surface area (Å²) in [4.78, 5) is 0. The van der Waals surface area contributed by atoms with Gasteiger partial charge in [-0.05, 0) is 24.5 Å². The monoisotopic (exact) mass is 158 g/mol. The Labute approximate surface area is 73.1 Å². The van der Waals surface area contributed by atoms with Crippen molar-refractivity contribution in [3.63, 3.8) is 0 Å². The Hall–Kier alpha value is -1.24. The van der Waals surface area contributed by atoms with Crippen LogP contribution in [0.25, 0.3) is 5.57 Å². The summed E-state index contributed by atoms with van der Waals surface area (Å²) in [5, 5.41) is 4.48. The summed E-state index contributed by atoms with van der Waals surface area (Å²) >= 11 is 0. The van der Waals surface area contributed by atoms with Gasteiger partial charge in [0.1, 0.15) is 0 Å². The van der Waals surface area contributed by atoms with Gasteiger partial charge in [0.05, 0.1) is 5.69 Å². The van der Waals surface area contributed by atoms with Gasteiger partial charge in [-0.15, -0.1) is 0 Å². The molecule has 0 fully saturated rings. The van der Waals surface area contributed by atoms with Gasteiger partial charge in [-0.25, -0.2) is 0 Å². The van der Waals surface area contributed by atoms with Crippen LogP contribution >= 0.6 is 0 Å². The van der Waals surface area contributed by atoms with E-state index < -0.39 is 0 Å². The Kier molecular flexibility index (Phi) is 1.86. The largest absolute Gasteiger partial charge is 0.285 e. The van der Waals surface area contributed by atoms with Crippen molar-refractivity contribution in [1.29, 1.82) is 0 Å². The normalized spacial score (nSPS) is 16.2. The molecule has 61 valence electrons. The van der Waals surface area contributed by atoms with Crippen molar-refractivity contribution in [3.05, 3.63) is 36.4 Å². The van der Waals surface area contributed by atoms with E-state index in [1.165, 1.54) is 11.1 Å². The van der Waals surface area contributed by atoms with Crippen molar-refractivity contribution in [3.8, 4) is 0 Å². The van der Waals surface area contributed by atoms with Gasteiger partial charge < -0.3 is 0 Å². The highest BCUT2D eigenvalue weighted by Gasteiger charge is 2.09. The van der Waals surface area contributed by atoms with Gasteiger partial charge >= 0.3 is 0 Å². The molecule has 0 saturated carbocycles. The number of hydrogen-bond acceptors (Lipinski definition) is 0. The van der Waals surface area contributed by atoms with E-state index in [1.54, 1.807) is 0 Å². The molecule has 12 heavy (non-hydrogen) atoms. The molecule has 1 aliphatic rings. The number of nitrogens with zero attached hydrogens (tertiary/aromatic N) is 1. The third kappa shape index (κ3) is 1.22. The second-order valence-corrected chi connectivity index (χ2v) is 3.11. The predicted molar refractivity (Wildman–Crippen MR) is 51.4 cm³/mol. The van der Waals surface area contributed by atoms with Crippen molar-refractivity contribution < 1.29 is 0 Å². The molecule has 1 aliphatic heterocycles. The van der Waals surface area contributed by atoms with E-state index in [9.17, 15) is 0 Å². The highest BCUT2D eigenvalue weighted by Crippen LogP contribution is 2.28. The van der Waals surface area contributed by atoms with E-state index in [0.717, 1.165) is 25.1 Å². The number of rotatable bonds is 0. The van der Waals surface area contributed by atoms with E-state index >= 15 is 0 Å². The Morgan fingerprint density at radius 2 is 2.08 bits per heavy atom. The fourth-order valence-corrected chi connectivity index (χ4v) is 1.54. The molecule has 1 aromatic rings. The van der Waals surface area contributed by atoms with E-state index in [0.29, 0.717) is 0 Å². The number of hydrogen-bond donors (Lipinski definition) is 0. The molecule has 1 radical (unpaired) electrons. The van der Waals surface area contributed by atoms with Gasteiger partial charge in [0.25, 0.3) is 0 Å². The van der Waals surface area contributed by atoms with Crippen molar-refractivity contribution in [1.82, 2.24) is 5.32 Å². The van der Waals surface area contributed by atoms with E-state index in [-0.39, 0.29) is 0 Å². The second-order valence-electron chi connectivity index (χ2n) is 3.11. The molecule has 1 heterocycles. The molecule has 0 aliphatic carbocycles. The van der Waals surface area contributed by atoms with Crippen LogP contribution in [0, 0.1) is 0 Å². The predicted octanol–water partition coefficient (Wildman–Crippen LogP) is 2.73. The molecule has 0 atom stereocenters. The number of allylic oxidation sites excluding steroid dienone is 1. The van der Waals surface area contributed by atoms with Crippen molar-refractivity contribution in [2.24, 2.45) is 0 Å².